The Morgan fingerprint density at radius 2 is 1.12 bits per heavy atom. The van der Waals surface area contributed by atoms with Gasteiger partial charge in [-0.1, -0.05) is 84.9 Å². The van der Waals surface area contributed by atoms with Gasteiger partial charge in [0, 0.05) is 32.8 Å². The minimum Gasteiger partial charge on any atom is -0.309 e. The van der Waals surface area contributed by atoms with Crippen LogP contribution in [0.1, 0.15) is 16.7 Å². The molecule has 0 N–H and O–H groups in total. The molecule has 7 aromatic carbocycles. The molecule has 5 nitrogen and oxygen atoms in total. The number of benzene rings is 6. The minimum atomic E-state index is 0.349. The van der Waals surface area contributed by atoms with E-state index >= 15 is 0 Å². The van der Waals surface area contributed by atoms with Gasteiger partial charge in [0.05, 0.1) is 39.4 Å². The Morgan fingerprint density at radius 1 is 0.460 bits per heavy atom. The Bertz CT molecular complexity index is 2830. The van der Waals surface area contributed by atoms with E-state index in [-0.39, 0.29) is 0 Å². The second-order valence-electron chi connectivity index (χ2n) is 12.1. The van der Waals surface area contributed by atoms with E-state index < -0.39 is 0 Å². The number of fused-ring (bicyclic) bond motifs is 6. The van der Waals surface area contributed by atoms with Crippen LogP contribution in [0.4, 0.5) is 0 Å². The normalized spacial score (nSPS) is 11.0. The number of para-hydroxylation sites is 3. The van der Waals surface area contributed by atoms with Crippen molar-refractivity contribution in [3.05, 3.63) is 168 Å². The first kappa shape index (κ1) is 28.6. The molecule has 2 heterocycles. The van der Waals surface area contributed by atoms with Crippen molar-refractivity contribution in [1.29, 1.82) is 15.8 Å². The fourth-order valence-electron chi connectivity index (χ4n) is 7.31. The summed E-state index contributed by atoms with van der Waals surface area (Å²) in [6.45, 7) is 0. The van der Waals surface area contributed by atoms with Crippen molar-refractivity contribution in [2.75, 3.05) is 0 Å². The molecule has 228 valence electrons. The maximum Gasteiger partial charge on any atom is 0.108 e. The lowest BCUT2D eigenvalue weighted by atomic mass is 9.92. The van der Waals surface area contributed by atoms with E-state index in [4.69, 9.17) is 0 Å². The molecule has 0 amide bonds. The topological polar surface area (TPSA) is 81.2 Å². The molecule has 9 rings (SSSR count). The molecule has 0 spiro atoms. The molecule has 0 bridgehead atoms. The van der Waals surface area contributed by atoms with Crippen molar-refractivity contribution in [3.8, 4) is 51.8 Å². The number of rotatable bonds is 4. The summed E-state index contributed by atoms with van der Waals surface area (Å²) in [5.74, 6) is 0. The number of nitrogens with zero attached hydrogens (tertiary/aromatic N) is 5. The highest BCUT2D eigenvalue weighted by atomic mass is 15.0. The highest BCUT2D eigenvalue weighted by molar-refractivity contribution is 6.11. The predicted molar refractivity (Wildman–Crippen MR) is 198 cm³/mol. The summed E-state index contributed by atoms with van der Waals surface area (Å²) in [5, 5.41) is 33.9. The summed E-state index contributed by atoms with van der Waals surface area (Å²) in [6.07, 6.45) is 0. The first-order valence-corrected chi connectivity index (χ1v) is 16.1. The summed E-state index contributed by atoms with van der Waals surface area (Å²) in [5.41, 5.74) is 10.8. The van der Waals surface area contributed by atoms with Crippen molar-refractivity contribution in [2.45, 2.75) is 0 Å². The molecule has 9 aromatic rings. The standard InChI is InChI=1S/C45H23N5/c46-26-29-16-22-43-39(24-29)40-25-30(27-47)17-23-44(40)50(43)45-32(28-48)8-7-13-38(45)35-10-2-1-9-34(35)31-18-20-33(21-19-31)49-41-14-5-3-11-36(41)37-12-4-6-15-42(37)49/h1-16,18-22,24-25H. The van der Waals surface area contributed by atoms with Gasteiger partial charge in [0.1, 0.15) is 23.2 Å². The van der Waals surface area contributed by atoms with Crippen LogP contribution in [0.15, 0.2) is 140 Å². The smallest absolute Gasteiger partial charge is 0.108 e. The van der Waals surface area contributed by atoms with Gasteiger partial charge >= 0.3 is 0 Å². The lowest BCUT2D eigenvalue weighted by Gasteiger charge is -2.18. The Morgan fingerprint density at radius 3 is 1.82 bits per heavy atom. The Balaban J connectivity index is 1.25. The predicted octanol–water partition coefficient (Wildman–Crippen LogP) is 10.4. The summed E-state index contributed by atoms with van der Waals surface area (Å²) >= 11 is 0. The second-order valence-corrected chi connectivity index (χ2v) is 12.1. The molecule has 0 fully saturated rings. The summed E-state index contributed by atoms with van der Waals surface area (Å²) in [6, 6.07) is 59.9. The summed E-state index contributed by atoms with van der Waals surface area (Å²) < 4.78 is 4.32. The Hall–Kier alpha value is -7.57. The molecule has 0 aliphatic heterocycles. The van der Waals surface area contributed by atoms with Gasteiger partial charge < -0.3 is 9.13 Å². The van der Waals surface area contributed by atoms with Gasteiger partial charge in [-0.25, -0.2) is 0 Å². The van der Waals surface area contributed by atoms with Gasteiger partial charge in [0.2, 0.25) is 0 Å². The van der Waals surface area contributed by atoms with Crippen LogP contribution < -0.4 is 0 Å². The molecule has 50 heavy (non-hydrogen) atoms. The zero-order valence-corrected chi connectivity index (χ0v) is 26.5. The lowest BCUT2D eigenvalue weighted by molar-refractivity contribution is 1.17. The molecule has 0 radical (unpaired) electrons. The number of aromatic nitrogens is 2. The van der Waals surface area contributed by atoms with Gasteiger partial charge in [-0.2, -0.15) is 15.8 Å². The Labute approximate surface area is 287 Å². The van der Waals surface area contributed by atoms with E-state index in [9.17, 15) is 15.8 Å². The van der Waals surface area contributed by atoms with E-state index in [1.807, 2.05) is 47.0 Å². The van der Waals surface area contributed by atoms with Crippen molar-refractivity contribution in [2.24, 2.45) is 0 Å². The SMILES string of the molecule is N#Cc1c#cc2c(c1)c1cc(C#N)ccc1n2-c1c(C#N)cccc1-c1ccccc1-c1ccc(-n2c3ccccc3c3ccccc32)cc1. The molecule has 0 aliphatic rings. The van der Waals surface area contributed by atoms with E-state index in [1.54, 1.807) is 12.1 Å². The minimum absolute atomic E-state index is 0.349. The van der Waals surface area contributed by atoms with Crippen LogP contribution in [0, 0.1) is 46.1 Å². The third-order valence-electron chi connectivity index (χ3n) is 9.47. The summed E-state index contributed by atoms with van der Waals surface area (Å²) in [4.78, 5) is 0. The highest BCUT2D eigenvalue weighted by Crippen LogP contribution is 2.41. The van der Waals surface area contributed by atoms with Crippen molar-refractivity contribution in [3.63, 3.8) is 0 Å². The van der Waals surface area contributed by atoms with Gasteiger partial charge in [0.15, 0.2) is 0 Å². The molecule has 0 unspecified atom stereocenters. The third kappa shape index (κ3) is 4.26. The maximum atomic E-state index is 10.5. The van der Waals surface area contributed by atoms with Gasteiger partial charge in [0.25, 0.3) is 0 Å². The largest absolute Gasteiger partial charge is 0.309 e. The molecule has 0 aliphatic carbocycles. The second kappa shape index (κ2) is 11.3. The van der Waals surface area contributed by atoms with Crippen molar-refractivity contribution >= 4 is 43.6 Å². The van der Waals surface area contributed by atoms with Gasteiger partial charge in [-0.15, -0.1) is 0 Å². The lowest BCUT2D eigenvalue weighted by Crippen LogP contribution is -2.01. The number of hydrogen-bond donors (Lipinski definition) is 0. The van der Waals surface area contributed by atoms with E-state index in [2.05, 4.69) is 120 Å². The quantitative estimate of drug-likeness (QED) is 0.193. The average molecular weight is 634 g/mol. The first-order chi connectivity index (χ1) is 24.7. The number of nitriles is 3. The van der Waals surface area contributed by atoms with Crippen LogP contribution in [0.2, 0.25) is 0 Å². The third-order valence-corrected chi connectivity index (χ3v) is 9.47. The monoisotopic (exact) mass is 633 g/mol. The van der Waals surface area contributed by atoms with Crippen LogP contribution >= 0.6 is 0 Å². The average Bonchev–Trinajstić information content (AvgIpc) is 3.69. The zero-order valence-electron chi connectivity index (χ0n) is 26.5. The molecule has 2 aromatic heterocycles. The number of hydrogen-bond acceptors (Lipinski definition) is 3. The van der Waals surface area contributed by atoms with Gasteiger partial charge in [-0.3, -0.25) is 0 Å². The van der Waals surface area contributed by atoms with Crippen LogP contribution in [-0.2, 0) is 0 Å². The van der Waals surface area contributed by atoms with E-state index in [0.29, 0.717) is 27.9 Å². The highest BCUT2D eigenvalue weighted by Gasteiger charge is 2.21. The zero-order chi connectivity index (χ0) is 33.8. The van der Waals surface area contributed by atoms with E-state index in [1.165, 1.54) is 10.8 Å². The van der Waals surface area contributed by atoms with Crippen LogP contribution in [0.25, 0.3) is 77.2 Å². The maximum absolute atomic E-state index is 10.5. The molecular weight excluding hydrogens is 611 g/mol. The van der Waals surface area contributed by atoms with Crippen LogP contribution in [0.5, 0.6) is 0 Å². The molecule has 0 saturated heterocycles. The molecular formula is C45H23N5. The van der Waals surface area contributed by atoms with E-state index in [0.717, 1.165) is 55.3 Å². The van der Waals surface area contributed by atoms with Crippen molar-refractivity contribution in [1.82, 2.24) is 9.13 Å². The Kier molecular flexibility index (Phi) is 6.47. The van der Waals surface area contributed by atoms with Crippen LogP contribution in [0.3, 0.4) is 0 Å². The van der Waals surface area contributed by atoms with Crippen molar-refractivity contribution < 1.29 is 0 Å². The molecule has 0 saturated carbocycles. The fourth-order valence-corrected chi connectivity index (χ4v) is 7.31. The fraction of sp³-hybridized carbons (Fsp3) is 0. The van der Waals surface area contributed by atoms with Crippen LogP contribution in [-0.4, -0.2) is 9.13 Å². The van der Waals surface area contributed by atoms with Gasteiger partial charge in [-0.05, 0) is 83.4 Å². The molecule has 0 atom stereocenters. The first-order valence-electron chi connectivity index (χ1n) is 16.1. The summed E-state index contributed by atoms with van der Waals surface area (Å²) in [7, 11) is 0. The molecule has 5 heteroatoms.